The summed E-state index contributed by atoms with van der Waals surface area (Å²) in [4.78, 5) is 15.4. The molecule has 1 aliphatic carbocycles. The number of carbonyl (C=O) groups excluding carboxylic acids is 1. The number of ether oxygens (including phenoxy) is 3. The topological polar surface area (TPSA) is 60.0 Å². The highest BCUT2D eigenvalue weighted by Gasteiger charge is 2.42. The Morgan fingerprint density at radius 3 is 2.69 bits per heavy atom. The van der Waals surface area contributed by atoms with Gasteiger partial charge in [-0.05, 0) is 55.9 Å². The maximum atomic E-state index is 13.1. The van der Waals surface area contributed by atoms with E-state index >= 15 is 0 Å². The van der Waals surface area contributed by atoms with Crippen LogP contribution in [0.4, 0.5) is 5.69 Å². The van der Waals surface area contributed by atoms with E-state index < -0.39 is 5.60 Å². The van der Waals surface area contributed by atoms with Crippen LogP contribution in [0.15, 0.2) is 24.3 Å². The van der Waals surface area contributed by atoms with E-state index in [4.69, 9.17) is 14.2 Å². The lowest BCUT2D eigenvalue weighted by Crippen LogP contribution is -2.48. The second-order valence-electron chi connectivity index (χ2n) is 8.33. The van der Waals surface area contributed by atoms with Gasteiger partial charge in [-0.1, -0.05) is 20.3 Å². The molecule has 29 heavy (non-hydrogen) atoms. The highest BCUT2D eigenvalue weighted by Crippen LogP contribution is 2.36. The van der Waals surface area contributed by atoms with Gasteiger partial charge in [0.25, 0.3) is 5.91 Å². The number of morpholine rings is 1. The van der Waals surface area contributed by atoms with Crippen molar-refractivity contribution in [1.29, 1.82) is 0 Å². The lowest BCUT2D eigenvalue weighted by molar-refractivity contribution is -0.148. The fourth-order valence-corrected chi connectivity index (χ4v) is 4.20. The van der Waals surface area contributed by atoms with Gasteiger partial charge in [-0.3, -0.25) is 9.69 Å². The molecule has 1 N–H and O–H groups in total. The third-order valence-electron chi connectivity index (χ3n) is 5.84. The monoisotopic (exact) mass is 404 g/mol. The van der Waals surface area contributed by atoms with Crippen LogP contribution in [0.25, 0.3) is 0 Å². The van der Waals surface area contributed by atoms with Crippen LogP contribution in [0.3, 0.4) is 0 Å². The summed E-state index contributed by atoms with van der Waals surface area (Å²) in [6.45, 7) is 10.00. The second kappa shape index (κ2) is 11.0. The van der Waals surface area contributed by atoms with Crippen molar-refractivity contribution in [3.8, 4) is 5.75 Å². The summed E-state index contributed by atoms with van der Waals surface area (Å²) in [6.07, 6.45) is 4.71. The molecule has 0 spiro atoms. The predicted octanol–water partition coefficient (Wildman–Crippen LogP) is 3.71. The zero-order valence-corrected chi connectivity index (χ0v) is 18.0. The van der Waals surface area contributed by atoms with Crippen molar-refractivity contribution in [2.75, 3.05) is 51.4 Å². The van der Waals surface area contributed by atoms with Crippen molar-refractivity contribution in [2.45, 2.75) is 51.6 Å². The molecule has 0 radical (unpaired) electrons. The predicted molar refractivity (Wildman–Crippen MR) is 114 cm³/mol. The van der Waals surface area contributed by atoms with Crippen molar-refractivity contribution < 1.29 is 19.0 Å². The molecule has 2 atom stereocenters. The molecular weight excluding hydrogens is 368 g/mol. The minimum Gasteiger partial charge on any atom is -0.492 e. The molecule has 1 saturated heterocycles. The molecule has 162 valence electrons. The maximum absolute atomic E-state index is 13.1. The van der Waals surface area contributed by atoms with Gasteiger partial charge in [-0.25, -0.2) is 0 Å². The number of benzene rings is 1. The summed E-state index contributed by atoms with van der Waals surface area (Å²) in [5, 5.41) is 3.08. The number of amides is 1. The van der Waals surface area contributed by atoms with Crippen molar-refractivity contribution in [3.05, 3.63) is 24.3 Å². The Morgan fingerprint density at radius 1 is 1.24 bits per heavy atom. The summed E-state index contributed by atoms with van der Waals surface area (Å²) in [6, 6.07) is 7.64. The zero-order valence-electron chi connectivity index (χ0n) is 18.0. The van der Waals surface area contributed by atoms with Crippen LogP contribution in [0.2, 0.25) is 0 Å². The number of hydrogen-bond acceptors (Lipinski definition) is 5. The van der Waals surface area contributed by atoms with Gasteiger partial charge in [0.05, 0.1) is 13.2 Å². The number of carbonyl (C=O) groups is 1. The largest absolute Gasteiger partial charge is 0.492 e. The van der Waals surface area contributed by atoms with Crippen molar-refractivity contribution >= 4 is 11.6 Å². The van der Waals surface area contributed by atoms with E-state index in [0.717, 1.165) is 70.0 Å². The first-order valence-corrected chi connectivity index (χ1v) is 11.1. The van der Waals surface area contributed by atoms with Crippen LogP contribution >= 0.6 is 0 Å². The summed E-state index contributed by atoms with van der Waals surface area (Å²) in [5.41, 5.74) is 0.0920. The van der Waals surface area contributed by atoms with Crippen LogP contribution in [0, 0.1) is 5.92 Å². The molecule has 0 aromatic heterocycles. The SMILES string of the molecule is CCCOC1(C(=O)Nc2ccc(OCCN3CCOCC3)cc2)CCCC(C)C1. The Hall–Kier alpha value is -1.63. The fourth-order valence-electron chi connectivity index (χ4n) is 4.20. The molecule has 2 aliphatic rings. The minimum atomic E-state index is -0.693. The number of hydrogen-bond donors (Lipinski definition) is 1. The summed E-state index contributed by atoms with van der Waals surface area (Å²) in [7, 11) is 0. The smallest absolute Gasteiger partial charge is 0.256 e. The Balaban J connectivity index is 1.51. The number of anilines is 1. The van der Waals surface area contributed by atoms with Crippen molar-refractivity contribution in [1.82, 2.24) is 4.90 Å². The molecule has 1 aromatic carbocycles. The molecule has 1 heterocycles. The highest BCUT2D eigenvalue weighted by molar-refractivity contribution is 5.97. The Labute approximate surface area is 174 Å². The first-order valence-electron chi connectivity index (χ1n) is 11.1. The van der Waals surface area contributed by atoms with Gasteiger partial charge in [0.1, 0.15) is 18.0 Å². The standard InChI is InChI=1S/C23H36N2O4/c1-3-14-29-23(10-4-5-19(2)18-23)22(26)24-20-6-8-21(9-7-20)28-17-13-25-11-15-27-16-12-25/h6-9,19H,3-5,10-18H2,1-2H3,(H,24,26). The lowest BCUT2D eigenvalue weighted by Gasteiger charge is -2.38. The quantitative estimate of drug-likeness (QED) is 0.680. The molecule has 3 rings (SSSR count). The number of nitrogens with zero attached hydrogens (tertiary/aromatic N) is 1. The van der Waals surface area contributed by atoms with Crippen LogP contribution in [-0.4, -0.2) is 62.5 Å². The average molecular weight is 405 g/mol. The molecular formula is C23H36N2O4. The van der Waals surface area contributed by atoms with E-state index in [9.17, 15) is 4.79 Å². The lowest BCUT2D eigenvalue weighted by atomic mass is 9.78. The van der Waals surface area contributed by atoms with E-state index in [1.165, 1.54) is 6.42 Å². The van der Waals surface area contributed by atoms with Gasteiger partial charge < -0.3 is 19.5 Å². The van der Waals surface area contributed by atoms with Gasteiger partial charge in [0.2, 0.25) is 0 Å². The second-order valence-corrected chi connectivity index (χ2v) is 8.33. The van der Waals surface area contributed by atoms with Gasteiger partial charge in [0, 0.05) is 31.9 Å². The van der Waals surface area contributed by atoms with Crippen LogP contribution in [0.5, 0.6) is 5.75 Å². The van der Waals surface area contributed by atoms with E-state index in [1.54, 1.807) is 0 Å². The Bertz CT molecular complexity index is 630. The molecule has 2 fully saturated rings. The summed E-state index contributed by atoms with van der Waals surface area (Å²) in [5.74, 6) is 1.31. The van der Waals surface area contributed by atoms with Gasteiger partial charge in [0.15, 0.2) is 0 Å². The normalized spacial score (nSPS) is 25.5. The van der Waals surface area contributed by atoms with Crippen LogP contribution in [-0.2, 0) is 14.3 Å². The van der Waals surface area contributed by atoms with Crippen LogP contribution < -0.4 is 10.1 Å². The maximum Gasteiger partial charge on any atom is 0.256 e. The van der Waals surface area contributed by atoms with E-state index in [0.29, 0.717) is 19.1 Å². The molecule has 1 saturated carbocycles. The van der Waals surface area contributed by atoms with Crippen LogP contribution in [0.1, 0.15) is 46.0 Å². The molecule has 6 heteroatoms. The first kappa shape index (κ1) is 22.1. The highest BCUT2D eigenvalue weighted by atomic mass is 16.5. The third-order valence-corrected chi connectivity index (χ3v) is 5.84. The Kier molecular flexibility index (Phi) is 8.33. The van der Waals surface area contributed by atoms with Crippen molar-refractivity contribution in [3.63, 3.8) is 0 Å². The molecule has 1 aromatic rings. The molecule has 0 bridgehead atoms. The zero-order chi connectivity index (χ0) is 20.5. The van der Waals surface area contributed by atoms with E-state index in [1.807, 2.05) is 24.3 Å². The van der Waals surface area contributed by atoms with Gasteiger partial charge in [-0.2, -0.15) is 0 Å². The molecule has 2 unspecified atom stereocenters. The molecule has 6 nitrogen and oxygen atoms in total. The third kappa shape index (κ3) is 6.43. The average Bonchev–Trinajstić information content (AvgIpc) is 2.74. The van der Waals surface area contributed by atoms with Crippen molar-refractivity contribution in [2.24, 2.45) is 5.92 Å². The van der Waals surface area contributed by atoms with Gasteiger partial charge in [-0.15, -0.1) is 0 Å². The van der Waals surface area contributed by atoms with E-state index in [2.05, 4.69) is 24.1 Å². The fraction of sp³-hybridized carbons (Fsp3) is 0.696. The number of rotatable bonds is 9. The van der Waals surface area contributed by atoms with Gasteiger partial charge >= 0.3 is 0 Å². The first-order chi connectivity index (χ1) is 14.1. The Morgan fingerprint density at radius 2 is 2.00 bits per heavy atom. The summed E-state index contributed by atoms with van der Waals surface area (Å²) >= 11 is 0. The molecule has 1 aliphatic heterocycles. The summed E-state index contributed by atoms with van der Waals surface area (Å²) < 4.78 is 17.3. The van der Waals surface area contributed by atoms with E-state index in [-0.39, 0.29) is 5.91 Å². The number of nitrogens with one attached hydrogen (secondary N) is 1. The molecule has 1 amide bonds. The minimum absolute atomic E-state index is 0.0153.